The van der Waals surface area contributed by atoms with Crippen LogP contribution in [0.15, 0.2) is 60.7 Å². The first-order chi connectivity index (χ1) is 10.7. The lowest BCUT2D eigenvalue weighted by Crippen LogP contribution is -2.23. The van der Waals surface area contributed by atoms with E-state index < -0.39 is 0 Å². The third-order valence-electron chi connectivity index (χ3n) is 4.30. The minimum absolute atomic E-state index is 0.0521. The van der Waals surface area contributed by atoms with E-state index in [1.165, 1.54) is 0 Å². The molecule has 0 fully saturated rings. The lowest BCUT2D eigenvalue weighted by molar-refractivity contribution is -0.116. The molecule has 1 atom stereocenters. The Morgan fingerprint density at radius 3 is 2.73 bits per heavy atom. The first-order valence-electron chi connectivity index (χ1n) is 7.39. The summed E-state index contributed by atoms with van der Waals surface area (Å²) >= 11 is 0. The molecule has 1 heterocycles. The average molecular weight is 288 g/mol. The first-order valence-corrected chi connectivity index (χ1v) is 7.39. The molecule has 1 aliphatic rings. The van der Waals surface area contributed by atoms with Gasteiger partial charge in [-0.25, -0.2) is 0 Å². The van der Waals surface area contributed by atoms with E-state index in [0.29, 0.717) is 6.42 Å². The van der Waals surface area contributed by atoms with Gasteiger partial charge in [0.25, 0.3) is 0 Å². The van der Waals surface area contributed by atoms with Crippen molar-refractivity contribution in [3.05, 3.63) is 71.8 Å². The van der Waals surface area contributed by atoms with Crippen LogP contribution in [0.5, 0.6) is 0 Å². The van der Waals surface area contributed by atoms with Gasteiger partial charge < -0.3 is 11.1 Å². The number of nitrogens with one attached hydrogen (secondary N) is 1. The lowest BCUT2D eigenvalue weighted by atomic mass is 9.83. The summed E-state index contributed by atoms with van der Waals surface area (Å²) in [5.41, 5.74) is 9.82. The minimum atomic E-state index is 0.0521. The van der Waals surface area contributed by atoms with Crippen LogP contribution in [0, 0.1) is 0 Å². The van der Waals surface area contributed by atoms with Gasteiger partial charge in [-0.15, -0.1) is 0 Å². The maximum atomic E-state index is 12.2. The molecule has 0 saturated carbocycles. The smallest absolute Gasteiger partial charge is 0.225 e. The fourth-order valence-electron chi connectivity index (χ4n) is 3.28. The maximum Gasteiger partial charge on any atom is 0.225 e. The van der Waals surface area contributed by atoms with Gasteiger partial charge in [0.1, 0.15) is 0 Å². The predicted octanol–water partition coefficient (Wildman–Crippen LogP) is 3.90. The van der Waals surface area contributed by atoms with Crippen molar-refractivity contribution in [2.75, 3.05) is 11.1 Å². The zero-order valence-electron chi connectivity index (χ0n) is 12.0. The van der Waals surface area contributed by atoms with Gasteiger partial charge in [-0.1, -0.05) is 48.5 Å². The van der Waals surface area contributed by atoms with Crippen LogP contribution in [0.3, 0.4) is 0 Å². The van der Waals surface area contributed by atoms with Crippen LogP contribution >= 0.6 is 0 Å². The minimum Gasteiger partial charge on any atom is -0.399 e. The number of nitrogens with two attached hydrogens (primary N) is 1. The number of rotatable bonds is 1. The molecule has 0 radical (unpaired) electrons. The number of carbonyl (C=O) groups is 1. The molecular formula is C19H16N2O. The number of nitrogen functional groups attached to an aromatic ring is 1. The van der Waals surface area contributed by atoms with Gasteiger partial charge in [0, 0.05) is 23.4 Å². The standard InChI is InChI=1S/C19H16N2O/c20-14-6-3-5-13(10-14)17-11-18(22)21-19-15-7-2-1-4-12(15)8-9-16(17)19/h1-10,17H,11,20H2,(H,21,22). The fourth-order valence-corrected chi connectivity index (χ4v) is 3.28. The number of anilines is 2. The third kappa shape index (κ3) is 2.02. The predicted molar refractivity (Wildman–Crippen MR) is 89.9 cm³/mol. The summed E-state index contributed by atoms with van der Waals surface area (Å²) in [5.74, 6) is 0.105. The van der Waals surface area contributed by atoms with Crippen LogP contribution in [0.1, 0.15) is 23.5 Å². The Labute approximate surface area is 128 Å². The van der Waals surface area contributed by atoms with Crippen molar-refractivity contribution in [3.63, 3.8) is 0 Å². The molecule has 3 aromatic carbocycles. The largest absolute Gasteiger partial charge is 0.399 e. The Bertz CT molecular complexity index is 885. The van der Waals surface area contributed by atoms with Gasteiger partial charge in [-0.2, -0.15) is 0 Å². The van der Waals surface area contributed by atoms with Crippen LogP contribution in [0.2, 0.25) is 0 Å². The summed E-state index contributed by atoms with van der Waals surface area (Å²) in [7, 11) is 0. The normalized spacial score (nSPS) is 17.1. The van der Waals surface area contributed by atoms with E-state index in [2.05, 4.69) is 29.6 Å². The number of amides is 1. The van der Waals surface area contributed by atoms with Gasteiger partial charge in [-0.3, -0.25) is 4.79 Å². The number of hydrogen-bond acceptors (Lipinski definition) is 2. The Kier molecular flexibility index (Phi) is 2.86. The molecule has 0 saturated heterocycles. The summed E-state index contributed by atoms with van der Waals surface area (Å²) in [6, 6.07) is 20.2. The average Bonchev–Trinajstić information content (AvgIpc) is 2.54. The topological polar surface area (TPSA) is 55.1 Å². The molecule has 3 nitrogen and oxygen atoms in total. The molecule has 1 aliphatic heterocycles. The molecule has 0 aromatic heterocycles. The first kappa shape index (κ1) is 12.9. The number of benzene rings is 3. The van der Waals surface area contributed by atoms with E-state index in [9.17, 15) is 4.79 Å². The molecule has 0 spiro atoms. The number of fused-ring (bicyclic) bond motifs is 3. The highest BCUT2D eigenvalue weighted by molar-refractivity contribution is 6.06. The zero-order chi connectivity index (χ0) is 15.1. The van der Waals surface area contributed by atoms with Crippen LogP contribution < -0.4 is 11.1 Å². The maximum absolute atomic E-state index is 12.2. The molecule has 22 heavy (non-hydrogen) atoms. The van der Waals surface area contributed by atoms with E-state index in [1.807, 2.05) is 36.4 Å². The second kappa shape index (κ2) is 4.88. The Balaban J connectivity index is 1.94. The van der Waals surface area contributed by atoms with Gasteiger partial charge in [0.2, 0.25) is 5.91 Å². The van der Waals surface area contributed by atoms with Crippen molar-refractivity contribution in [2.45, 2.75) is 12.3 Å². The summed E-state index contributed by atoms with van der Waals surface area (Å²) < 4.78 is 0. The van der Waals surface area contributed by atoms with Crippen molar-refractivity contribution in [3.8, 4) is 0 Å². The van der Waals surface area contributed by atoms with Crippen LogP contribution in [-0.2, 0) is 4.79 Å². The van der Waals surface area contributed by atoms with E-state index >= 15 is 0 Å². The van der Waals surface area contributed by atoms with Gasteiger partial charge in [0.05, 0.1) is 5.69 Å². The lowest BCUT2D eigenvalue weighted by Gasteiger charge is -2.27. The molecule has 4 rings (SSSR count). The molecule has 3 N–H and O–H groups in total. The van der Waals surface area contributed by atoms with Gasteiger partial charge in [-0.05, 0) is 28.6 Å². The van der Waals surface area contributed by atoms with Crippen molar-refractivity contribution in [1.29, 1.82) is 0 Å². The third-order valence-corrected chi connectivity index (χ3v) is 4.30. The SMILES string of the molecule is Nc1cccc(C2CC(=O)Nc3c2ccc2ccccc32)c1. The summed E-state index contributed by atoms with van der Waals surface area (Å²) in [6.45, 7) is 0. The molecule has 1 amide bonds. The van der Waals surface area contributed by atoms with Crippen molar-refractivity contribution in [2.24, 2.45) is 0 Å². The van der Waals surface area contributed by atoms with Crippen LogP contribution in [0.25, 0.3) is 10.8 Å². The summed E-state index contributed by atoms with van der Waals surface area (Å²) in [6.07, 6.45) is 0.453. The highest BCUT2D eigenvalue weighted by Crippen LogP contribution is 2.41. The Hall–Kier alpha value is -2.81. The van der Waals surface area contributed by atoms with Crippen molar-refractivity contribution >= 4 is 28.1 Å². The summed E-state index contributed by atoms with van der Waals surface area (Å²) in [5, 5.41) is 5.27. The highest BCUT2D eigenvalue weighted by Gasteiger charge is 2.27. The van der Waals surface area contributed by atoms with Gasteiger partial charge >= 0.3 is 0 Å². The molecule has 0 aliphatic carbocycles. The molecule has 3 heteroatoms. The van der Waals surface area contributed by atoms with Crippen molar-refractivity contribution < 1.29 is 4.79 Å². The molecule has 3 aromatic rings. The number of hydrogen-bond donors (Lipinski definition) is 2. The van der Waals surface area contributed by atoms with E-state index in [4.69, 9.17) is 5.73 Å². The molecule has 108 valence electrons. The zero-order valence-corrected chi connectivity index (χ0v) is 12.0. The van der Waals surface area contributed by atoms with E-state index in [1.54, 1.807) is 0 Å². The van der Waals surface area contributed by atoms with Crippen molar-refractivity contribution in [1.82, 2.24) is 0 Å². The monoisotopic (exact) mass is 288 g/mol. The molecular weight excluding hydrogens is 272 g/mol. The van der Waals surface area contributed by atoms with E-state index in [0.717, 1.165) is 33.3 Å². The van der Waals surface area contributed by atoms with Crippen LogP contribution in [0.4, 0.5) is 11.4 Å². The Morgan fingerprint density at radius 1 is 1.00 bits per heavy atom. The molecule has 0 bridgehead atoms. The molecule has 1 unspecified atom stereocenters. The second-order valence-corrected chi connectivity index (χ2v) is 5.73. The quantitative estimate of drug-likeness (QED) is 0.667. The van der Waals surface area contributed by atoms with E-state index in [-0.39, 0.29) is 11.8 Å². The van der Waals surface area contributed by atoms with Gasteiger partial charge in [0.15, 0.2) is 0 Å². The highest BCUT2D eigenvalue weighted by atomic mass is 16.1. The van der Waals surface area contributed by atoms with Crippen LogP contribution in [-0.4, -0.2) is 5.91 Å². The Morgan fingerprint density at radius 2 is 1.86 bits per heavy atom. The number of carbonyl (C=O) groups excluding carboxylic acids is 1. The second-order valence-electron chi connectivity index (χ2n) is 5.73. The fraction of sp³-hybridized carbons (Fsp3) is 0.105. The summed E-state index contributed by atoms with van der Waals surface area (Å²) in [4.78, 5) is 12.2.